The fourth-order valence-corrected chi connectivity index (χ4v) is 0.978. The zero-order chi connectivity index (χ0) is 8.39. The molecule has 0 atom stereocenters. The Morgan fingerprint density at radius 3 is 2.75 bits per heavy atom. The van der Waals surface area contributed by atoms with E-state index in [1.165, 1.54) is 12.3 Å². The number of hydrogen-bond donors (Lipinski definition) is 1. The monoisotopic (exact) mass is 163 g/mol. The molecule has 12 heavy (non-hydrogen) atoms. The van der Waals surface area contributed by atoms with Gasteiger partial charge in [0.1, 0.15) is 5.82 Å². The minimum atomic E-state index is -0.339. The predicted molar refractivity (Wildman–Crippen MR) is 41.8 cm³/mol. The summed E-state index contributed by atoms with van der Waals surface area (Å²) in [6.07, 6.45) is 6.07. The summed E-state index contributed by atoms with van der Waals surface area (Å²) in [5, 5.41) is 6.40. The van der Waals surface area contributed by atoms with E-state index in [1.807, 2.05) is 0 Å². The van der Waals surface area contributed by atoms with Gasteiger partial charge in [0.25, 0.3) is 0 Å². The average Bonchev–Trinajstić information content (AvgIpc) is 2.56. The number of rotatable bonds is 1. The third kappa shape index (κ3) is 1.18. The van der Waals surface area contributed by atoms with Gasteiger partial charge in [0.05, 0.1) is 12.4 Å². The predicted octanol–water partition coefficient (Wildman–Crippen LogP) is 1.61. The van der Waals surface area contributed by atoms with Crippen LogP contribution in [0.4, 0.5) is 4.39 Å². The Morgan fingerprint density at radius 1 is 1.17 bits per heavy atom. The fourth-order valence-electron chi connectivity index (χ4n) is 0.978. The highest BCUT2D eigenvalue weighted by molar-refractivity contribution is 5.59. The van der Waals surface area contributed by atoms with Gasteiger partial charge in [-0.2, -0.15) is 5.10 Å². The Morgan fingerprint density at radius 2 is 2.08 bits per heavy atom. The third-order valence-electron chi connectivity index (χ3n) is 1.54. The lowest BCUT2D eigenvalue weighted by atomic mass is 10.2. The Hall–Kier alpha value is -1.71. The highest BCUT2D eigenvalue weighted by atomic mass is 19.1. The van der Waals surface area contributed by atoms with Crippen LogP contribution in [0.3, 0.4) is 0 Å². The highest BCUT2D eigenvalue weighted by Gasteiger charge is 1.99. The van der Waals surface area contributed by atoms with Gasteiger partial charge in [-0.05, 0) is 6.07 Å². The maximum atomic E-state index is 12.7. The van der Waals surface area contributed by atoms with Crippen molar-refractivity contribution < 1.29 is 4.39 Å². The van der Waals surface area contributed by atoms with Crippen molar-refractivity contribution in [3.63, 3.8) is 0 Å². The van der Waals surface area contributed by atoms with Gasteiger partial charge in [0, 0.05) is 23.5 Å². The molecule has 60 valence electrons. The van der Waals surface area contributed by atoms with Crippen LogP contribution in [0.15, 0.2) is 30.9 Å². The van der Waals surface area contributed by atoms with Gasteiger partial charge in [-0.3, -0.25) is 10.1 Å². The van der Waals surface area contributed by atoms with Gasteiger partial charge in [-0.15, -0.1) is 0 Å². The first-order valence-corrected chi connectivity index (χ1v) is 3.46. The molecule has 3 nitrogen and oxygen atoms in total. The molecule has 0 amide bonds. The first kappa shape index (κ1) is 6.97. The Labute approximate surface area is 68.3 Å². The molecule has 0 unspecified atom stereocenters. The molecule has 2 heterocycles. The van der Waals surface area contributed by atoms with E-state index in [2.05, 4.69) is 15.2 Å². The molecule has 4 heteroatoms. The molecule has 0 aromatic carbocycles. The van der Waals surface area contributed by atoms with Crippen LogP contribution < -0.4 is 0 Å². The van der Waals surface area contributed by atoms with Gasteiger partial charge in [-0.1, -0.05) is 0 Å². The summed E-state index contributed by atoms with van der Waals surface area (Å²) in [5.74, 6) is -0.339. The molecule has 2 rings (SSSR count). The van der Waals surface area contributed by atoms with Gasteiger partial charge >= 0.3 is 0 Å². The third-order valence-corrected chi connectivity index (χ3v) is 1.54. The van der Waals surface area contributed by atoms with Crippen molar-refractivity contribution >= 4 is 0 Å². The minimum absolute atomic E-state index is 0.339. The lowest BCUT2D eigenvalue weighted by molar-refractivity contribution is 0.622. The molecule has 0 saturated heterocycles. The van der Waals surface area contributed by atoms with Crippen LogP contribution in [0.5, 0.6) is 0 Å². The number of aromatic amines is 1. The normalized spacial score (nSPS) is 10.1. The number of halogens is 1. The van der Waals surface area contributed by atoms with Crippen LogP contribution in [0.2, 0.25) is 0 Å². The van der Waals surface area contributed by atoms with Crippen LogP contribution >= 0.6 is 0 Å². The zero-order valence-electron chi connectivity index (χ0n) is 6.16. The van der Waals surface area contributed by atoms with Crippen molar-refractivity contribution in [1.29, 1.82) is 0 Å². The van der Waals surface area contributed by atoms with Crippen LogP contribution in [-0.2, 0) is 0 Å². The molecule has 1 N–H and O–H groups in total. The first-order chi connectivity index (χ1) is 5.86. The molecule has 0 radical (unpaired) electrons. The maximum Gasteiger partial charge on any atom is 0.142 e. The summed E-state index contributed by atoms with van der Waals surface area (Å²) in [6, 6.07) is 1.41. The summed E-state index contributed by atoms with van der Waals surface area (Å²) in [4.78, 5) is 3.72. The molecular formula is C8H6FN3. The quantitative estimate of drug-likeness (QED) is 0.693. The Bertz CT molecular complexity index is 370. The number of hydrogen-bond acceptors (Lipinski definition) is 2. The van der Waals surface area contributed by atoms with Gasteiger partial charge < -0.3 is 0 Å². The summed E-state index contributed by atoms with van der Waals surface area (Å²) >= 11 is 0. The van der Waals surface area contributed by atoms with Crippen LogP contribution in [0.25, 0.3) is 11.1 Å². The summed E-state index contributed by atoms with van der Waals surface area (Å²) in [7, 11) is 0. The SMILES string of the molecule is Fc1cncc(-c2cn[nH]c2)c1. The standard InChI is InChI=1S/C8H6FN3/c9-8-1-6(2-10-5-8)7-3-11-12-4-7/h1-5H,(H,11,12). The molecule has 0 bridgehead atoms. The van der Waals surface area contributed by atoms with Crippen LogP contribution in [0.1, 0.15) is 0 Å². The lowest BCUT2D eigenvalue weighted by Gasteiger charge is -1.94. The number of aromatic nitrogens is 3. The fraction of sp³-hybridized carbons (Fsp3) is 0. The van der Waals surface area contributed by atoms with E-state index < -0.39 is 0 Å². The molecule has 0 aliphatic rings. The molecule has 0 aliphatic carbocycles. The molecule has 0 saturated carbocycles. The molecule has 2 aromatic heterocycles. The van der Waals surface area contributed by atoms with E-state index in [-0.39, 0.29) is 5.82 Å². The molecule has 2 aromatic rings. The van der Waals surface area contributed by atoms with Crippen LogP contribution in [-0.4, -0.2) is 15.2 Å². The molecule has 0 spiro atoms. The van der Waals surface area contributed by atoms with Crippen molar-refractivity contribution in [1.82, 2.24) is 15.2 Å². The van der Waals surface area contributed by atoms with Gasteiger partial charge in [0.15, 0.2) is 0 Å². The van der Waals surface area contributed by atoms with Crippen molar-refractivity contribution in [2.45, 2.75) is 0 Å². The average molecular weight is 163 g/mol. The number of pyridine rings is 1. The largest absolute Gasteiger partial charge is 0.285 e. The first-order valence-electron chi connectivity index (χ1n) is 3.46. The second kappa shape index (κ2) is 2.73. The number of nitrogens with one attached hydrogen (secondary N) is 1. The summed E-state index contributed by atoms with van der Waals surface area (Å²) < 4.78 is 12.7. The molecule has 0 aliphatic heterocycles. The summed E-state index contributed by atoms with van der Waals surface area (Å²) in [6.45, 7) is 0. The zero-order valence-corrected chi connectivity index (χ0v) is 6.16. The van der Waals surface area contributed by atoms with Crippen molar-refractivity contribution in [3.05, 3.63) is 36.7 Å². The second-order valence-corrected chi connectivity index (χ2v) is 2.38. The summed E-state index contributed by atoms with van der Waals surface area (Å²) in [5.41, 5.74) is 1.56. The van der Waals surface area contributed by atoms with E-state index in [4.69, 9.17) is 0 Å². The minimum Gasteiger partial charge on any atom is -0.285 e. The Balaban J connectivity index is 2.48. The molecular weight excluding hydrogens is 157 g/mol. The van der Waals surface area contributed by atoms with Crippen molar-refractivity contribution in [2.75, 3.05) is 0 Å². The van der Waals surface area contributed by atoms with Crippen molar-refractivity contribution in [3.8, 4) is 11.1 Å². The van der Waals surface area contributed by atoms with Crippen molar-refractivity contribution in [2.24, 2.45) is 0 Å². The van der Waals surface area contributed by atoms with E-state index >= 15 is 0 Å². The molecule has 0 fully saturated rings. The van der Waals surface area contributed by atoms with E-state index in [9.17, 15) is 4.39 Å². The number of H-pyrrole nitrogens is 1. The van der Waals surface area contributed by atoms with E-state index in [0.717, 1.165) is 11.1 Å². The smallest absolute Gasteiger partial charge is 0.142 e. The number of nitrogens with zero attached hydrogens (tertiary/aromatic N) is 2. The topological polar surface area (TPSA) is 41.6 Å². The highest BCUT2D eigenvalue weighted by Crippen LogP contribution is 2.16. The lowest BCUT2D eigenvalue weighted by Crippen LogP contribution is -1.80. The second-order valence-electron chi connectivity index (χ2n) is 2.38. The van der Waals surface area contributed by atoms with Gasteiger partial charge in [-0.25, -0.2) is 4.39 Å². The maximum absolute atomic E-state index is 12.7. The van der Waals surface area contributed by atoms with Gasteiger partial charge in [0.2, 0.25) is 0 Å². The van der Waals surface area contributed by atoms with Crippen LogP contribution in [0, 0.1) is 5.82 Å². The van der Waals surface area contributed by atoms with E-state index in [1.54, 1.807) is 18.6 Å². The van der Waals surface area contributed by atoms with E-state index in [0.29, 0.717) is 0 Å². The Kier molecular flexibility index (Phi) is 1.59.